The number of nitriles is 1. The second-order valence-corrected chi connectivity index (χ2v) is 3.77. The fourth-order valence-corrected chi connectivity index (χ4v) is 1.75. The van der Waals surface area contributed by atoms with E-state index in [9.17, 15) is 9.59 Å². The Balaban J connectivity index is 3.14. The third-order valence-electron chi connectivity index (χ3n) is 2.63. The van der Waals surface area contributed by atoms with Crippen LogP contribution in [0.5, 0.6) is 0 Å². The molecule has 4 heteroatoms. The minimum Gasteiger partial charge on any atom is -0.466 e. The smallest absolute Gasteiger partial charge is 0.310 e. The van der Waals surface area contributed by atoms with Crippen LogP contribution in [0.1, 0.15) is 40.9 Å². The second-order valence-electron chi connectivity index (χ2n) is 3.77. The van der Waals surface area contributed by atoms with Gasteiger partial charge in [-0.15, -0.1) is 0 Å². The van der Waals surface area contributed by atoms with Gasteiger partial charge in [0, 0.05) is 5.56 Å². The highest BCUT2D eigenvalue weighted by molar-refractivity contribution is 5.80. The van der Waals surface area contributed by atoms with Gasteiger partial charge < -0.3 is 4.74 Å². The number of benzene rings is 1. The Labute approximate surface area is 106 Å². The third-order valence-corrected chi connectivity index (χ3v) is 2.63. The average molecular weight is 245 g/mol. The molecule has 4 nitrogen and oxygen atoms in total. The molecule has 0 heterocycles. The van der Waals surface area contributed by atoms with Crippen LogP contribution in [0.15, 0.2) is 12.1 Å². The lowest BCUT2D eigenvalue weighted by atomic mass is 9.96. The van der Waals surface area contributed by atoms with Crippen LogP contribution in [-0.4, -0.2) is 18.9 Å². The van der Waals surface area contributed by atoms with E-state index >= 15 is 0 Å². The zero-order valence-electron chi connectivity index (χ0n) is 10.5. The second kappa shape index (κ2) is 6.55. The molecule has 0 aliphatic heterocycles. The van der Waals surface area contributed by atoms with Crippen molar-refractivity contribution in [1.29, 1.82) is 5.26 Å². The number of nitrogens with zero attached hydrogens (tertiary/aromatic N) is 1. The van der Waals surface area contributed by atoms with E-state index in [1.165, 1.54) is 6.07 Å². The highest BCUT2D eigenvalue weighted by Crippen LogP contribution is 2.17. The number of rotatable bonds is 5. The summed E-state index contributed by atoms with van der Waals surface area (Å²) < 4.78 is 4.86. The number of aryl methyl sites for hydroxylation is 1. The third kappa shape index (κ3) is 3.17. The first-order valence-electron chi connectivity index (χ1n) is 5.82. The quantitative estimate of drug-likeness (QED) is 0.588. The maximum atomic E-state index is 11.4. The largest absolute Gasteiger partial charge is 0.466 e. The molecule has 0 saturated heterocycles. The molecule has 0 radical (unpaired) electrons. The first-order valence-corrected chi connectivity index (χ1v) is 5.82. The van der Waals surface area contributed by atoms with Crippen molar-refractivity contribution in [2.45, 2.75) is 26.7 Å². The fraction of sp³-hybridized carbons (Fsp3) is 0.357. The van der Waals surface area contributed by atoms with Gasteiger partial charge >= 0.3 is 5.97 Å². The lowest BCUT2D eigenvalue weighted by Crippen LogP contribution is -2.09. The van der Waals surface area contributed by atoms with E-state index in [0.29, 0.717) is 29.7 Å². The Morgan fingerprint density at radius 1 is 1.39 bits per heavy atom. The van der Waals surface area contributed by atoms with E-state index in [1.807, 2.05) is 13.0 Å². The highest BCUT2D eigenvalue weighted by atomic mass is 16.5. The summed E-state index contributed by atoms with van der Waals surface area (Å²) in [5.74, 6) is -0.366. The molecular weight excluding hydrogens is 230 g/mol. The van der Waals surface area contributed by atoms with Gasteiger partial charge in [0.2, 0.25) is 0 Å². The van der Waals surface area contributed by atoms with E-state index < -0.39 is 0 Å². The van der Waals surface area contributed by atoms with Crippen LogP contribution in [0.4, 0.5) is 0 Å². The molecule has 1 rings (SSSR count). The van der Waals surface area contributed by atoms with Gasteiger partial charge in [-0.3, -0.25) is 9.59 Å². The predicted octanol–water partition coefficient (Wildman–Crippen LogP) is 2.04. The number of hydrogen-bond acceptors (Lipinski definition) is 4. The number of ether oxygens (including phenoxy) is 1. The molecule has 0 unspecified atom stereocenters. The number of hydrogen-bond donors (Lipinski definition) is 0. The van der Waals surface area contributed by atoms with E-state index in [1.54, 1.807) is 13.0 Å². The maximum absolute atomic E-state index is 11.4. The number of carbonyl (C=O) groups excluding carboxylic acids is 2. The maximum Gasteiger partial charge on any atom is 0.310 e. The Kier molecular flexibility index (Phi) is 5.06. The fourth-order valence-electron chi connectivity index (χ4n) is 1.75. The molecule has 0 saturated carbocycles. The minimum absolute atomic E-state index is 0.0584. The summed E-state index contributed by atoms with van der Waals surface area (Å²) in [7, 11) is 0. The van der Waals surface area contributed by atoms with Crippen LogP contribution >= 0.6 is 0 Å². The van der Waals surface area contributed by atoms with Gasteiger partial charge in [0.05, 0.1) is 24.7 Å². The van der Waals surface area contributed by atoms with Gasteiger partial charge in [-0.25, -0.2) is 0 Å². The SMILES string of the molecule is CCOC(=O)Cc1cc(CC)c(C=O)cc1C#N. The van der Waals surface area contributed by atoms with Crippen molar-refractivity contribution in [2.75, 3.05) is 6.61 Å². The summed E-state index contributed by atoms with van der Waals surface area (Å²) in [4.78, 5) is 22.3. The van der Waals surface area contributed by atoms with Crippen molar-refractivity contribution in [1.82, 2.24) is 0 Å². The molecule has 0 aliphatic carbocycles. The van der Waals surface area contributed by atoms with Crippen molar-refractivity contribution >= 4 is 12.3 Å². The van der Waals surface area contributed by atoms with Gasteiger partial charge in [-0.2, -0.15) is 5.26 Å². The normalized spacial score (nSPS) is 9.61. The molecule has 1 aromatic rings. The molecule has 0 bridgehead atoms. The first kappa shape index (κ1) is 13.9. The lowest BCUT2D eigenvalue weighted by Gasteiger charge is -2.08. The Morgan fingerprint density at radius 3 is 2.61 bits per heavy atom. The van der Waals surface area contributed by atoms with Crippen molar-refractivity contribution in [3.05, 3.63) is 34.4 Å². The van der Waals surface area contributed by atoms with Crippen LogP contribution < -0.4 is 0 Å². The zero-order valence-corrected chi connectivity index (χ0v) is 10.5. The molecule has 0 aromatic heterocycles. The Morgan fingerprint density at radius 2 is 2.11 bits per heavy atom. The average Bonchev–Trinajstić information content (AvgIpc) is 2.38. The molecule has 0 spiro atoms. The van der Waals surface area contributed by atoms with E-state index in [4.69, 9.17) is 10.00 Å². The Bertz CT molecular complexity index is 500. The summed E-state index contributed by atoms with van der Waals surface area (Å²) in [6, 6.07) is 5.27. The number of esters is 1. The molecule has 0 atom stereocenters. The van der Waals surface area contributed by atoms with Gasteiger partial charge in [-0.05, 0) is 30.5 Å². The monoisotopic (exact) mass is 245 g/mol. The van der Waals surface area contributed by atoms with Gasteiger partial charge in [-0.1, -0.05) is 13.0 Å². The first-order chi connectivity index (χ1) is 8.65. The molecular formula is C14H15NO3. The zero-order chi connectivity index (χ0) is 13.5. The molecule has 0 aliphatic rings. The summed E-state index contributed by atoms with van der Waals surface area (Å²) in [6.45, 7) is 3.96. The minimum atomic E-state index is -0.366. The Hall–Kier alpha value is -2.15. The van der Waals surface area contributed by atoms with Crippen molar-refractivity contribution in [2.24, 2.45) is 0 Å². The summed E-state index contributed by atoms with van der Waals surface area (Å²) >= 11 is 0. The van der Waals surface area contributed by atoms with E-state index in [-0.39, 0.29) is 12.4 Å². The molecule has 94 valence electrons. The lowest BCUT2D eigenvalue weighted by molar-refractivity contribution is -0.142. The predicted molar refractivity (Wildman–Crippen MR) is 66.3 cm³/mol. The standard InChI is InChI=1S/C14H15NO3/c1-3-10-5-11(7-14(17)18-4-2)12(8-15)6-13(10)9-16/h5-6,9H,3-4,7H2,1-2H3. The number of aldehydes is 1. The van der Waals surface area contributed by atoms with Crippen LogP contribution in [0, 0.1) is 11.3 Å². The molecule has 1 aromatic carbocycles. The van der Waals surface area contributed by atoms with Crippen molar-refractivity contribution < 1.29 is 14.3 Å². The molecule has 18 heavy (non-hydrogen) atoms. The molecule has 0 N–H and O–H groups in total. The van der Waals surface area contributed by atoms with E-state index in [0.717, 1.165) is 11.8 Å². The van der Waals surface area contributed by atoms with Crippen LogP contribution in [0.2, 0.25) is 0 Å². The molecule has 0 amide bonds. The topological polar surface area (TPSA) is 67.2 Å². The van der Waals surface area contributed by atoms with Gasteiger partial charge in [0.15, 0.2) is 0 Å². The van der Waals surface area contributed by atoms with Crippen LogP contribution in [-0.2, 0) is 22.4 Å². The van der Waals surface area contributed by atoms with Crippen molar-refractivity contribution in [3.8, 4) is 6.07 Å². The number of carbonyl (C=O) groups is 2. The molecule has 0 fully saturated rings. The summed E-state index contributed by atoms with van der Waals surface area (Å²) in [5, 5.41) is 9.03. The van der Waals surface area contributed by atoms with Crippen LogP contribution in [0.25, 0.3) is 0 Å². The van der Waals surface area contributed by atoms with E-state index in [2.05, 4.69) is 0 Å². The summed E-state index contributed by atoms with van der Waals surface area (Å²) in [6.07, 6.45) is 1.46. The van der Waals surface area contributed by atoms with Gasteiger partial charge in [0.25, 0.3) is 0 Å². The summed E-state index contributed by atoms with van der Waals surface area (Å²) in [5.41, 5.74) is 2.30. The van der Waals surface area contributed by atoms with Crippen molar-refractivity contribution in [3.63, 3.8) is 0 Å². The van der Waals surface area contributed by atoms with Gasteiger partial charge in [0.1, 0.15) is 6.29 Å². The highest BCUT2D eigenvalue weighted by Gasteiger charge is 2.12. The van der Waals surface area contributed by atoms with Crippen LogP contribution in [0.3, 0.4) is 0 Å².